The fourth-order valence-corrected chi connectivity index (χ4v) is 7.51. The van der Waals surface area contributed by atoms with Crippen molar-refractivity contribution < 1.29 is 40.2 Å². The molecule has 2 aromatic heterocycles. The maximum atomic E-state index is 4.70. The summed E-state index contributed by atoms with van der Waals surface area (Å²) in [5.41, 5.74) is 16.8. The molecule has 0 saturated carbocycles. The van der Waals surface area contributed by atoms with Crippen molar-refractivity contribution in [1.82, 2.24) is 9.97 Å². The van der Waals surface area contributed by atoms with E-state index in [0.717, 1.165) is 66.3 Å². The van der Waals surface area contributed by atoms with Crippen molar-refractivity contribution in [3.05, 3.63) is 193 Å². The molecule has 2 heterocycles. The van der Waals surface area contributed by atoms with Crippen LogP contribution in [0.4, 0.5) is 0 Å². The first-order valence-corrected chi connectivity index (χ1v) is 17.6. The molecule has 9 aromatic rings. The number of hydrogen-bond acceptors (Lipinski definition) is 2. The molecule has 0 aliphatic rings. The zero-order valence-corrected chi connectivity index (χ0v) is 34.5. The standard InChI is InChI=1S/C50H34N2.2Ir/c1-33-27-34(2)29-42(28-33)49-43(39-21-23-44-40(31-39)20-19-36-15-10-26-52-50(36)44)16-9-17-46(49)45-24-22-41(48-18-6-7-25-51-48)32-47(45)38-14-8-13-37(30-38)35-11-4-3-5-12-35;;/h3-21,24-32H,1-2H3;;/q-2;;. The van der Waals surface area contributed by atoms with Crippen molar-refractivity contribution in [1.29, 1.82) is 0 Å². The summed E-state index contributed by atoms with van der Waals surface area (Å²) in [6.07, 6.45) is 3.70. The molecule has 0 aliphatic heterocycles. The van der Waals surface area contributed by atoms with Crippen LogP contribution in [0.25, 0.3) is 88.6 Å². The summed E-state index contributed by atoms with van der Waals surface area (Å²) in [6.45, 7) is 4.35. The molecular formula is C50H34Ir2N2-2. The van der Waals surface area contributed by atoms with E-state index in [1.807, 2.05) is 36.7 Å². The summed E-state index contributed by atoms with van der Waals surface area (Å²) in [5, 5.41) is 3.27. The minimum absolute atomic E-state index is 0. The molecule has 0 unspecified atom stereocenters. The van der Waals surface area contributed by atoms with Crippen LogP contribution in [0.2, 0.25) is 0 Å². The van der Waals surface area contributed by atoms with Crippen molar-refractivity contribution in [2.24, 2.45) is 0 Å². The monoisotopic (exact) mass is 1050 g/mol. The minimum atomic E-state index is 0. The molecule has 4 heteroatoms. The van der Waals surface area contributed by atoms with Crippen LogP contribution in [0.15, 0.2) is 170 Å². The maximum Gasteiger partial charge on any atom is 0.0161 e. The van der Waals surface area contributed by atoms with Crippen LogP contribution < -0.4 is 0 Å². The number of hydrogen-bond donors (Lipinski definition) is 0. The summed E-state index contributed by atoms with van der Waals surface area (Å²) in [4.78, 5) is 9.40. The second-order valence-electron chi connectivity index (χ2n) is 13.4. The average Bonchev–Trinajstić information content (AvgIpc) is 3.20. The molecule has 0 saturated heterocycles. The Kier molecular flexibility index (Phi) is 10.9. The van der Waals surface area contributed by atoms with Gasteiger partial charge in [0.05, 0.1) is 0 Å². The molecule has 9 rings (SSSR count). The smallest absolute Gasteiger partial charge is 0.0161 e. The zero-order valence-electron chi connectivity index (χ0n) is 29.7. The molecule has 2 radical (unpaired) electrons. The van der Waals surface area contributed by atoms with Gasteiger partial charge < -0.3 is 9.97 Å². The van der Waals surface area contributed by atoms with Gasteiger partial charge in [0, 0.05) is 52.6 Å². The summed E-state index contributed by atoms with van der Waals surface area (Å²) in [7, 11) is 0. The van der Waals surface area contributed by atoms with E-state index in [0.29, 0.717) is 0 Å². The van der Waals surface area contributed by atoms with Crippen LogP contribution in [0.5, 0.6) is 0 Å². The SMILES string of the molecule is Cc1cc(C)cc(-c2c(-c3c[c-]c4c(ccc5cccnc54)c3)cccc2-c2c[c-]c(-c3ccccn3)cc2-c2cccc(-c3ccccc3)c2)c1.[Ir].[Ir]. The van der Waals surface area contributed by atoms with Gasteiger partial charge in [0.2, 0.25) is 0 Å². The van der Waals surface area contributed by atoms with Crippen LogP contribution >= 0.6 is 0 Å². The fourth-order valence-electron chi connectivity index (χ4n) is 7.51. The number of fused-ring (bicyclic) bond motifs is 3. The third-order valence-corrected chi connectivity index (χ3v) is 9.84. The third kappa shape index (κ3) is 7.15. The number of pyridine rings is 2. The van der Waals surface area contributed by atoms with E-state index < -0.39 is 0 Å². The van der Waals surface area contributed by atoms with Gasteiger partial charge in [-0.25, -0.2) is 0 Å². The van der Waals surface area contributed by atoms with E-state index in [9.17, 15) is 0 Å². The van der Waals surface area contributed by atoms with E-state index in [1.54, 1.807) is 0 Å². The molecule has 7 aromatic carbocycles. The molecular weight excluding hydrogens is 1010 g/mol. The number of nitrogens with zero attached hydrogens (tertiary/aromatic N) is 2. The molecule has 0 spiro atoms. The molecule has 0 fully saturated rings. The number of benzene rings is 7. The molecule has 0 amide bonds. The quantitative estimate of drug-likeness (QED) is 0.123. The Bertz CT molecular complexity index is 2740. The van der Waals surface area contributed by atoms with Crippen molar-refractivity contribution >= 4 is 21.7 Å². The van der Waals surface area contributed by atoms with Gasteiger partial charge in [-0.3, -0.25) is 0 Å². The second kappa shape index (κ2) is 15.9. The number of rotatable bonds is 6. The van der Waals surface area contributed by atoms with E-state index >= 15 is 0 Å². The van der Waals surface area contributed by atoms with Crippen molar-refractivity contribution in [3.8, 4) is 66.9 Å². The normalized spacial score (nSPS) is 10.9. The van der Waals surface area contributed by atoms with E-state index in [2.05, 4.69) is 159 Å². The molecule has 0 aliphatic carbocycles. The summed E-state index contributed by atoms with van der Waals surface area (Å²) in [5.74, 6) is 0. The second-order valence-corrected chi connectivity index (χ2v) is 13.4. The van der Waals surface area contributed by atoms with E-state index in [-0.39, 0.29) is 40.2 Å². The topological polar surface area (TPSA) is 25.8 Å². The van der Waals surface area contributed by atoms with Gasteiger partial charge in [0.1, 0.15) is 0 Å². The van der Waals surface area contributed by atoms with Gasteiger partial charge in [0.25, 0.3) is 0 Å². The Morgan fingerprint density at radius 1 is 0.426 bits per heavy atom. The van der Waals surface area contributed by atoms with Crippen LogP contribution in [0, 0.1) is 26.0 Å². The van der Waals surface area contributed by atoms with Crippen LogP contribution in [-0.2, 0) is 40.2 Å². The van der Waals surface area contributed by atoms with E-state index in [1.165, 1.54) is 33.4 Å². The Morgan fingerprint density at radius 3 is 1.96 bits per heavy atom. The minimum Gasteiger partial charge on any atom is -0.305 e. The van der Waals surface area contributed by atoms with E-state index in [4.69, 9.17) is 9.97 Å². The molecule has 0 atom stereocenters. The van der Waals surface area contributed by atoms with Crippen LogP contribution in [-0.4, -0.2) is 9.97 Å². The average molecular weight is 1050 g/mol. The van der Waals surface area contributed by atoms with Crippen molar-refractivity contribution in [3.63, 3.8) is 0 Å². The third-order valence-electron chi connectivity index (χ3n) is 9.84. The van der Waals surface area contributed by atoms with Crippen molar-refractivity contribution in [2.75, 3.05) is 0 Å². The van der Waals surface area contributed by atoms with Gasteiger partial charge in [0.15, 0.2) is 0 Å². The Hall–Kier alpha value is -5.34. The first kappa shape index (κ1) is 37.0. The Balaban J connectivity index is 0.00000225. The Labute approximate surface area is 343 Å². The predicted octanol–water partition coefficient (Wildman–Crippen LogP) is 13.0. The van der Waals surface area contributed by atoms with Gasteiger partial charge in [-0.15, -0.1) is 52.7 Å². The molecule has 0 bridgehead atoms. The Morgan fingerprint density at radius 2 is 1.15 bits per heavy atom. The van der Waals surface area contributed by atoms with Gasteiger partial charge in [-0.1, -0.05) is 154 Å². The summed E-state index contributed by atoms with van der Waals surface area (Å²) < 4.78 is 0. The molecule has 0 N–H and O–H groups in total. The molecule has 2 nitrogen and oxygen atoms in total. The van der Waals surface area contributed by atoms with Crippen LogP contribution in [0.3, 0.4) is 0 Å². The first-order chi connectivity index (χ1) is 25.6. The van der Waals surface area contributed by atoms with Gasteiger partial charge in [-0.2, -0.15) is 0 Å². The maximum absolute atomic E-state index is 4.70. The predicted molar refractivity (Wildman–Crippen MR) is 217 cm³/mol. The van der Waals surface area contributed by atoms with Crippen molar-refractivity contribution in [2.45, 2.75) is 13.8 Å². The van der Waals surface area contributed by atoms with Gasteiger partial charge >= 0.3 is 0 Å². The fraction of sp³-hybridized carbons (Fsp3) is 0.0400. The number of aromatic nitrogens is 2. The molecule has 54 heavy (non-hydrogen) atoms. The largest absolute Gasteiger partial charge is 0.305 e. The summed E-state index contributed by atoms with van der Waals surface area (Å²) >= 11 is 0. The zero-order chi connectivity index (χ0) is 35.0. The first-order valence-electron chi connectivity index (χ1n) is 17.6. The summed E-state index contributed by atoms with van der Waals surface area (Å²) in [6, 6.07) is 63.5. The molecule has 264 valence electrons. The van der Waals surface area contributed by atoms with Gasteiger partial charge in [-0.05, 0) is 76.5 Å². The van der Waals surface area contributed by atoms with Crippen LogP contribution in [0.1, 0.15) is 11.1 Å². The number of aryl methyl sites for hydroxylation is 2.